The minimum Gasteiger partial charge on any atom is -0.506 e. The zero-order valence-electron chi connectivity index (χ0n) is 10.0. The van der Waals surface area contributed by atoms with Crippen LogP contribution in [-0.4, -0.2) is 14.9 Å². The third kappa shape index (κ3) is 2.49. The molecule has 7 heteroatoms. The van der Waals surface area contributed by atoms with Crippen molar-refractivity contribution in [2.75, 3.05) is 0 Å². The van der Waals surface area contributed by atoms with Gasteiger partial charge >= 0.3 is 6.18 Å². The van der Waals surface area contributed by atoms with Crippen LogP contribution in [0.4, 0.5) is 13.2 Å². The van der Waals surface area contributed by atoms with Gasteiger partial charge in [0.15, 0.2) is 5.69 Å². The van der Waals surface area contributed by atoms with Crippen molar-refractivity contribution in [1.29, 1.82) is 5.26 Å². The molecule has 0 aliphatic carbocycles. The molecule has 0 fully saturated rings. The van der Waals surface area contributed by atoms with Crippen molar-refractivity contribution < 1.29 is 18.3 Å². The predicted molar refractivity (Wildman–Crippen MR) is 64.9 cm³/mol. The molecule has 0 aliphatic rings. The lowest BCUT2D eigenvalue weighted by Crippen LogP contribution is -2.07. The van der Waals surface area contributed by atoms with E-state index in [-0.39, 0.29) is 16.9 Å². The van der Waals surface area contributed by atoms with Gasteiger partial charge in [0.05, 0.1) is 17.3 Å². The summed E-state index contributed by atoms with van der Waals surface area (Å²) in [6.07, 6.45) is -4.64. The fourth-order valence-electron chi connectivity index (χ4n) is 1.63. The largest absolute Gasteiger partial charge is 0.506 e. The molecule has 2 aromatic rings. The van der Waals surface area contributed by atoms with Crippen molar-refractivity contribution in [3.05, 3.63) is 53.9 Å². The number of benzene rings is 1. The summed E-state index contributed by atoms with van der Waals surface area (Å²) < 4.78 is 38.9. The molecule has 0 amide bonds. The Morgan fingerprint density at radius 2 is 2.05 bits per heavy atom. The minimum absolute atomic E-state index is 0.188. The maximum absolute atomic E-state index is 12.7. The van der Waals surface area contributed by atoms with E-state index in [4.69, 9.17) is 5.26 Å². The molecule has 0 unspecified atom stereocenters. The van der Waals surface area contributed by atoms with Crippen molar-refractivity contribution in [3.8, 4) is 11.8 Å². The Morgan fingerprint density at radius 3 is 2.60 bits per heavy atom. The molecule has 1 heterocycles. The van der Waals surface area contributed by atoms with Crippen LogP contribution in [0.25, 0.3) is 11.4 Å². The standard InChI is InChI=1S/C13H8F3N3O/c1-8(20)11-6-12(13(14,15)16)18-19(11)10-4-2-3-9(5-10)7-17/h2-6,20H,1H2. The Balaban J connectivity index is 2.63. The van der Waals surface area contributed by atoms with Crippen molar-refractivity contribution in [2.24, 2.45) is 0 Å². The molecule has 0 atom stereocenters. The zero-order chi connectivity index (χ0) is 14.9. The summed E-state index contributed by atoms with van der Waals surface area (Å²) >= 11 is 0. The molecule has 0 saturated heterocycles. The quantitative estimate of drug-likeness (QED) is 0.858. The van der Waals surface area contributed by atoms with Crippen LogP contribution in [0.3, 0.4) is 0 Å². The van der Waals surface area contributed by atoms with Gasteiger partial charge in [-0.2, -0.15) is 23.5 Å². The number of nitrogens with zero attached hydrogens (tertiary/aromatic N) is 3. The lowest BCUT2D eigenvalue weighted by atomic mass is 10.2. The topological polar surface area (TPSA) is 61.8 Å². The summed E-state index contributed by atoms with van der Waals surface area (Å²) in [6.45, 7) is 3.21. The van der Waals surface area contributed by atoms with Crippen molar-refractivity contribution >= 4 is 5.76 Å². The van der Waals surface area contributed by atoms with E-state index >= 15 is 0 Å². The van der Waals surface area contributed by atoms with E-state index in [2.05, 4.69) is 11.7 Å². The van der Waals surface area contributed by atoms with Crippen LogP contribution in [0.15, 0.2) is 36.9 Å². The number of nitriles is 1. The number of halogens is 3. The van der Waals surface area contributed by atoms with Gasteiger partial charge in [-0.3, -0.25) is 0 Å². The Labute approximate surface area is 112 Å². The van der Waals surface area contributed by atoms with E-state index in [1.165, 1.54) is 24.3 Å². The third-order valence-corrected chi connectivity index (χ3v) is 2.52. The van der Waals surface area contributed by atoms with Gasteiger partial charge in [0, 0.05) is 6.07 Å². The number of hydrogen-bond donors (Lipinski definition) is 1. The van der Waals surface area contributed by atoms with E-state index < -0.39 is 17.6 Å². The van der Waals surface area contributed by atoms with Crippen LogP contribution in [-0.2, 0) is 6.18 Å². The normalized spacial score (nSPS) is 11.1. The molecule has 0 saturated carbocycles. The van der Waals surface area contributed by atoms with E-state index in [0.717, 1.165) is 4.68 Å². The lowest BCUT2D eigenvalue weighted by Gasteiger charge is -2.06. The molecule has 2 rings (SSSR count). The molecular formula is C13H8F3N3O. The van der Waals surface area contributed by atoms with Gasteiger partial charge in [-0.25, -0.2) is 4.68 Å². The second-order valence-corrected chi connectivity index (χ2v) is 3.93. The first-order chi connectivity index (χ1) is 9.32. The molecular weight excluding hydrogens is 271 g/mol. The second kappa shape index (κ2) is 4.74. The fourth-order valence-corrected chi connectivity index (χ4v) is 1.63. The van der Waals surface area contributed by atoms with Crippen molar-refractivity contribution in [2.45, 2.75) is 6.18 Å². The molecule has 20 heavy (non-hydrogen) atoms. The van der Waals surface area contributed by atoms with Crippen molar-refractivity contribution in [1.82, 2.24) is 9.78 Å². The maximum atomic E-state index is 12.7. The predicted octanol–water partition coefficient (Wildman–Crippen LogP) is 3.29. The van der Waals surface area contributed by atoms with E-state index in [1.807, 2.05) is 6.07 Å². The van der Waals surface area contributed by atoms with Gasteiger partial charge in [0.1, 0.15) is 11.5 Å². The average Bonchev–Trinajstić information content (AvgIpc) is 2.84. The summed E-state index contributed by atoms with van der Waals surface area (Å²) in [5, 5.41) is 21.6. The SMILES string of the molecule is C=C(O)c1cc(C(F)(F)F)nn1-c1cccc(C#N)c1. The second-order valence-electron chi connectivity index (χ2n) is 3.93. The third-order valence-electron chi connectivity index (χ3n) is 2.52. The van der Waals surface area contributed by atoms with Gasteiger partial charge < -0.3 is 5.11 Å². The highest BCUT2D eigenvalue weighted by Gasteiger charge is 2.35. The highest BCUT2D eigenvalue weighted by molar-refractivity contribution is 5.56. The lowest BCUT2D eigenvalue weighted by molar-refractivity contribution is -0.141. The summed E-state index contributed by atoms with van der Waals surface area (Å²) in [7, 11) is 0. The van der Waals surface area contributed by atoms with Gasteiger partial charge in [0.25, 0.3) is 0 Å². The number of rotatable bonds is 2. The summed E-state index contributed by atoms with van der Waals surface area (Å²) in [4.78, 5) is 0. The molecule has 1 N–H and O–H groups in total. The first-order valence-electron chi connectivity index (χ1n) is 5.39. The number of aromatic nitrogens is 2. The number of aliphatic hydroxyl groups excluding tert-OH is 1. The number of alkyl halides is 3. The number of aliphatic hydroxyl groups is 1. The fraction of sp³-hybridized carbons (Fsp3) is 0.0769. The summed E-state index contributed by atoms with van der Waals surface area (Å²) in [6, 6.07) is 8.42. The first kappa shape index (κ1) is 13.7. The van der Waals surface area contributed by atoms with Gasteiger partial charge in [0.2, 0.25) is 0 Å². The first-order valence-corrected chi connectivity index (χ1v) is 5.39. The van der Waals surface area contributed by atoms with Crippen LogP contribution < -0.4 is 0 Å². The molecule has 102 valence electrons. The molecule has 0 spiro atoms. The van der Waals surface area contributed by atoms with E-state index in [0.29, 0.717) is 6.07 Å². The molecule has 1 aromatic carbocycles. The molecule has 0 bridgehead atoms. The zero-order valence-corrected chi connectivity index (χ0v) is 10.0. The molecule has 4 nitrogen and oxygen atoms in total. The van der Waals surface area contributed by atoms with Crippen LogP contribution in [0, 0.1) is 11.3 Å². The average molecular weight is 279 g/mol. The summed E-state index contributed by atoms with van der Waals surface area (Å²) in [5.41, 5.74) is -0.844. The summed E-state index contributed by atoms with van der Waals surface area (Å²) in [5.74, 6) is -0.546. The molecule has 0 aliphatic heterocycles. The van der Waals surface area contributed by atoms with Crippen LogP contribution in [0.2, 0.25) is 0 Å². The Kier molecular flexibility index (Phi) is 3.24. The van der Waals surface area contributed by atoms with Crippen LogP contribution >= 0.6 is 0 Å². The highest BCUT2D eigenvalue weighted by atomic mass is 19.4. The van der Waals surface area contributed by atoms with Gasteiger partial charge in [-0.1, -0.05) is 12.6 Å². The maximum Gasteiger partial charge on any atom is 0.435 e. The Morgan fingerprint density at radius 1 is 1.35 bits per heavy atom. The van der Waals surface area contributed by atoms with Gasteiger partial charge in [-0.15, -0.1) is 0 Å². The highest BCUT2D eigenvalue weighted by Crippen LogP contribution is 2.30. The van der Waals surface area contributed by atoms with E-state index in [1.54, 1.807) is 0 Å². The number of hydrogen-bond acceptors (Lipinski definition) is 3. The smallest absolute Gasteiger partial charge is 0.435 e. The van der Waals surface area contributed by atoms with Crippen LogP contribution in [0.1, 0.15) is 17.0 Å². The molecule has 1 aromatic heterocycles. The van der Waals surface area contributed by atoms with Crippen molar-refractivity contribution in [3.63, 3.8) is 0 Å². The minimum atomic E-state index is -4.64. The Bertz CT molecular complexity index is 710. The van der Waals surface area contributed by atoms with E-state index in [9.17, 15) is 18.3 Å². The Hall–Kier alpha value is -2.75. The van der Waals surface area contributed by atoms with Gasteiger partial charge in [-0.05, 0) is 18.2 Å². The monoisotopic (exact) mass is 279 g/mol. The molecule has 0 radical (unpaired) electrons. The van der Waals surface area contributed by atoms with Crippen LogP contribution in [0.5, 0.6) is 0 Å².